The van der Waals surface area contributed by atoms with Crippen LogP contribution in [-0.4, -0.2) is 44.8 Å². The number of hydrogen-bond acceptors (Lipinski definition) is 7. The molecule has 11 heteroatoms. The minimum Gasteiger partial charge on any atom is -0.748 e. The largest absolute Gasteiger partial charge is 1.00 e. The van der Waals surface area contributed by atoms with Crippen molar-refractivity contribution < 1.29 is 52.4 Å². The van der Waals surface area contributed by atoms with E-state index in [2.05, 4.69) is 0 Å². The van der Waals surface area contributed by atoms with E-state index < -0.39 is 10.1 Å². The van der Waals surface area contributed by atoms with Gasteiger partial charge in [-0.25, -0.2) is 18.4 Å². The molecule has 0 amide bonds. The summed E-state index contributed by atoms with van der Waals surface area (Å²) in [6.45, 7) is 0.406. The Bertz CT molecular complexity index is 1770. The number of benzene rings is 3. The van der Waals surface area contributed by atoms with E-state index in [1.165, 1.54) is 0 Å². The maximum atomic E-state index is 11.3. The number of hydrogen-bond donors (Lipinski definition) is 1. The molecule has 0 spiro atoms. The molecular formula is C32H31ClN3NaO5S. The molecule has 0 radical (unpaired) electrons. The first-order valence-electron chi connectivity index (χ1n) is 13.8. The van der Waals surface area contributed by atoms with Gasteiger partial charge in [0.05, 0.1) is 33.1 Å². The average molecular weight is 628 g/mol. The Morgan fingerprint density at radius 2 is 1.51 bits per heavy atom. The molecule has 8 nitrogen and oxygen atoms in total. The molecule has 43 heavy (non-hydrogen) atoms. The molecule has 0 aliphatic carbocycles. The molecule has 5 rings (SSSR count). The van der Waals surface area contributed by atoms with Crippen LogP contribution in [0, 0.1) is 0 Å². The Morgan fingerprint density at radius 3 is 2.23 bits per heavy atom. The molecule has 0 aliphatic heterocycles. The summed E-state index contributed by atoms with van der Waals surface area (Å²) in [5.41, 5.74) is 5.52. The van der Waals surface area contributed by atoms with Crippen LogP contribution in [0.2, 0.25) is 5.02 Å². The standard InChI is InChI=1S/C32H32ClN3O5S.Na/c33-26-16-15-24(21-30(26)41-17-9-1-2-10-18-42(38,39)40)20-28-32(37)36-22-29(25-13-7-4-8-14-25)34-27(31(36)35-28)19-23-11-5-3-6-12-23;/h3-8,11-16,21-22,37H,1-2,9-10,17-20H2,(H,38,39,40);/q;+1/p-1. The number of rotatable bonds is 13. The minimum atomic E-state index is -4.17. The van der Waals surface area contributed by atoms with Gasteiger partial charge in [-0.3, -0.25) is 4.40 Å². The number of imidazole rings is 1. The number of ether oxygens (including phenoxy) is 1. The summed E-state index contributed by atoms with van der Waals surface area (Å²) >= 11 is 6.38. The molecule has 0 saturated carbocycles. The van der Waals surface area contributed by atoms with Crippen LogP contribution in [0.25, 0.3) is 16.9 Å². The number of aromatic nitrogens is 3. The first kappa shape index (κ1) is 33.0. The third kappa shape index (κ3) is 9.04. The van der Waals surface area contributed by atoms with Gasteiger partial charge in [0.1, 0.15) is 11.4 Å². The second kappa shape index (κ2) is 15.2. The van der Waals surface area contributed by atoms with Crippen LogP contribution in [0.15, 0.2) is 85.1 Å². The molecular weight excluding hydrogens is 597 g/mol. The van der Waals surface area contributed by atoms with Gasteiger partial charge in [-0.2, -0.15) is 0 Å². The van der Waals surface area contributed by atoms with Gasteiger partial charge in [0, 0.05) is 30.4 Å². The maximum Gasteiger partial charge on any atom is 1.00 e. The molecule has 1 N–H and O–H groups in total. The van der Waals surface area contributed by atoms with Crippen LogP contribution in [0.1, 0.15) is 48.2 Å². The molecule has 0 bridgehead atoms. The van der Waals surface area contributed by atoms with E-state index in [0.29, 0.717) is 60.8 Å². The molecule has 5 aromatic rings. The minimum absolute atomic E-state index is 0. The number of nitrogens with zero attached hydrogens (tertiary/aromatic N) is 3. The van der Waals surface area contributed by atoms with Gasteiger partial charge in [0.25, 0.3) is 0 Å². The monoisotopic (exact) mass is 627 g/mol. The Morgan fingerprint density at radius 1 is 0.837 bits per heavy atom. The summed E-state index contributed by atoms with van der Waals surface area (Å²) in [5, 5.41) is 11.8. The SMILES string of the molecule is O=S(=O)([O-])CCCCCCOc1cc(Cc2nc3c(Cc4ccccc4)nc(-c4ccccc4)cn3c2O)ccc1Cl.[Na+]. The Labute approximate surface area is 278 Å². The second-order valence-electron chi connectivity index (χ2n) is 10.1. The van der Waals surface area contributed by atoms with E-state index in [9.17, 15) is 18.1 Å². The number of halogens is 1. The van der Waals surface area contributed by atoms with Crippen molar-refractivity contribution in [3.63, 3.8) is 0 Å². The third-order valence-electron chi connectivity index (χ3n) is 6.92. The fourth-order valence-electron chi connectivity index (χ4n) is 4.80. The fraction of sp³-hybridized carbons (Fsp3) is 0.250. The number of aromatic hydroxyl groups is 1. The zero-order chi connectivity index (χ0) is 29.5. The van der Waals surface area contributed by atoms with Gasteiger partial charge in [0.15, 0.2) is 5.65 Å². The van der Waals surface area contributed by atoms with Crippen molar-refractivity contribution in [1.29, 1.82) is 0 Å². The van der Waals surface area contributed by atoms with Crippen LogP contribution >= 0.6 is 11.6 Å². The normalized spacial score (nSPS) is 11.4. The summed E-state index contributed by atoms with van der Waals surface area (Å²) in [6, 6.07) is 25.4. The Balaban J connectivity index is 0.00000423. The zero-order valence-electron chi connectivity index (χ0n) is 23.9. The van der Waals surface area contributed by atoms with E-state index in [0.717, 1.165) is 34.5 Å². The van der Waals surface area contributed by atoms with Crippen molar-refractivity contribution in [3.05, 3.63) is 113 Å². The van der Waals surface area contributed by atoms with Crippen molar-refractivity contribution >= 4 is 27.4 Å². The van der Waals surface area contributed by atoms with Gasteiger partial charge in [-0.05, 0) is 36.1 Å². The van der Waals surface area contributed by atoms with Crippen molar-refractivity contribution in [1.82, 2.24) is 14.4 Å². The van der Waals surface area contributed by atoms with Crippen LogP contribution < -0.4 is 34.3 Å². The van der Waals surface area contributed by atoms with Crippen molar-refractivity contribution in [3.8, 4) is 22.9 Å². The van der Waals surface area contributed by atoms with Crippen LogP contribution in [0.5, 0.6) is 11.6 Å². The summed E-state index contributed by atoms with van der Waals surface area (Å²) in [5.74, 6) is 0.239. The maximum absolute atomic E-state index is 11.3. The smallest absolute Gasteiger partial charge is 0.748 e. The molecule has 218 valence electrons. The van der Waals surface area contributed by atoms with Crippen LogP contribution in [0.3, 0.4) is 0 Å². The zero-order valence-corrected chi connectivity index (χ0v) is 27.5. The molecule has 0 atom stereocenters. The predicted molar refractivity (Wildman–Crippen MR) is 162 cm³/mol. The predicted octanol–water partition coefficient (Wildman–Crippen LogP) is 3.43. The molecule has 2 aromatic heterocycles. The fourth-order valence-corrected chi connectivity index (χ4v) is 5.53. The van der Waals surface area contributed by atoms with Crippen molar-refractivity contribution in [2.75, 3.05) is 12.4 Å². The number of unbranched alkanes of at least 4 members (excludes halogenated alkanes) is 3. The van der Waals surface area contributed by atoms with Crippen LogP contribution in [-0.2, 0) is 23.0 Å². The van der Waals surface area contributed by atoms with E-state index in [-0.39, 0.29) is 41.2 Å². The van der Waals surface area contributed by atoms with Gasteiger partial charge in [0.2, 0.25) is 5.88 Å². The summed E-state index contributed by atoms with van der Waals surface area (Å²) < 4.78 is 39.8. The topological polar surface area (TPSA) is 117 Å². The van der Waals surface area contributed by atoms with Gasteiger partial charge in [-0.1, -0.05) is 91.2 Å². The molecule has 0 aliphatic rings. The average Bonchev–Trinajstić information content (AvgIpc) is 3.29. The summed E-state index contributed by atoms with van der Waals surface area (Å²) in [7, 11) is -4.17. The Hall–Kier alpha value is -2.92. The van der Waals surface area contributed by atoms with E-state index in [1.807, 2.05) is 79.0 Å². The molecule has 0 saturated heterocycles. The summed E-state index contributed by atoms with van der Waals surface area (Å²) in [6.07, 6.45) is 5.16. The van der Waals surface area contributed by atoms with Crippen LogP contribution in [0.4, 0.5) is 0 Å². The molecule has 0 fully saturated rings. The first-order valence-corrected chi connectivity index (χ1v) is 15.8. The Kier molecular flexibility index (Phi) is 11.7. The van der Waals surface area contributed by atoms with E-state index in [1.54, 1.807) is 10.5 Å². The number of fused-ring (bicyclic) bond motifs is 1. The van der Waals surface area contributed by atoms with E-state index >= 15 is 0 Å². The second-order valence-corrected chi connectivity index (χ2v) is 12.1. The van der Waals surface area contributed by atoms with Crippen molar-refractivity contribution in [2.45, 2.75) is 38.5 Å². The first-order chi connectivity index (χ1) is 20.3. The summed E-state index contributed by atoms with van der Waals surface area (Å²) in [4.78, 5) is 9.77. The molecule has 3 aromatic carbocycles. The van der Waals surface area contributed by atoms with E-state index in [4.69, 9.17) is 26.3 Å². The molecule has 0 unspecified atom stereocenters. The quantitative estimate of drug-likeness (QED) is 0.121. The molecule has 2 heterocycles. The van der Waals surface area contributed by atoms with Gasteiger partial charge in [-0.15, -0.1) is 0 Å². The van der Waals surface area contributed by atoms with Gasteiger partial charge >= 0.3 is 29.6 Å². The van der Waals surface area contributed by atoms with Crippen molar-refractivity contribution in [2.24, 2.45) is 0 Å². The van der Waals surface area contributed by atoms with Gasteiger partial charge < -0.3 is 14.4 Å². The third-order valence-corrected chi connectivity index (χ3v) is 8.02.